The number of benzene rings is 1. The number of carbonyl (C=O) groups excluding carboxylic acids is 2. The highest BCUT2D eigenvalue weighted by Crippen LogP contribution is 2.28. The van der Waals surface area contributed by atoms with Crippen LogP contribution in [0.2, 0.25) is 0 Å². The maximum absolute atomic E-state index is 13.1. The van der Waals surface area contributed by atoms with Gasteiger partial charge in [-0.15, -0.1) is 0 Å². The first-order chi connectivity index (χ1) is 14.0. The summed E-state index contributed by atoms with van der Waals surface area (Å²) in [5.41, 5.74) is 2.91. The summed E-state index contributed by atoms with van der Waals surface area (Å²) in [4.78, 5) is 29.3. The van der Waals surface area contributed by atoms with Crippen molar-refractivity contribution in [3.63, 3.8) is 0 Å². The van der Waals surface area contributed by atoms with Gasteiger partial charge in [0.2, 0.25) is 5.91 Å². The predicted molar refractivity (Wildman–Crippen MR) is 113 cm³/mol. The van der Waals surface area contributed by atoms with Crippen LogP contribution in [0.25, 0.3) is 0 Å². The number of methoxy groups -OCH3 is 1. The van der Waals surface area contributed by atoms with E-state index in [2.05, 4.69) is 5.32 Å². The number of amides is 3. The van der Waals surface area contributed by atoms with E-state index in [1.54, 1.807) is 7.11 Å². The molecule has 1 saturated carbocycles. The number of rotatable bonds is 9. The molecule has 1 aliphatic rings. The zero-order valence-electron chi connectivity index (χ0n) is 17.4. The molecule has 156 valence electrons. The molecule has 3 amide bonds. The molecule has 1 aliphatic carbocycles. The van der Waals surface area contributed by atoms with Crippen molar-refractivity contribution in [3.8, 4) is 0 Å². The molecular formula is C22H30N4O3. The average Bonchev–Trinajstić information content (AvgIpc) is 3.46. The Bertz CT molecular complexity index is 827. The molecule has 0 radical (unpaired) electrons. The number of ether oxygens (including phenoxy) is 1. The van der Waals surface area contributed by atoms with Gasteiger partial charge in [0, 0.05) is 44.3 Å². The number of aromatic nitrogens is 1. The van der Waals surface area contributed by atoms with Crippen molar-refractivity contribution in [1.29, 1.82) is 0 Å². The molecule has 1 fully saturated rings. The van der Waals surface area contributed by atoms with Gasteiger partial charge >= 0.3 is 6.03 Å². The SMILES string of the molecule is COCCN(CC(=O)N(Cc1cccn1C)C1CC1)C(=O)Nc1ccc(C)cc1. The van der Waals surface area contributed by atoms with Gasteiger partial charge in [0.05, 0.1) is 13.2 Å². The maximum Gasteiger partial charge on any atom is 0.322 e. The highest BCUT2D eigenvalue weighted by molar-refractivity contribution is 5.92. The lowest BCUT2D eigenvalue weighted by molar-refractivity contribution is -0.133. The molecule has 7 heteroatoms. The Balaban J connectivity index is 1.67. The molecule has 0 saturated heterocycles. The summed E-state index contributed by atoms with van der Waals surface area (Å²) < 4.78 is 7.16. The van der Waals surface area contributed by atoms with Crippen LogP contribution in [0.1, 0.15) is 24.1 Å². The zero-order chi connectivity index (χ0) is 20.8. The van der Waals surface area contributed by atoms with Crippen molar-refractivity contribution in [3.05, 3.63) is 53.9 Å². The van der Waals surface area contributed by atoms with Crippen LogP contribution in [0, 0.1) is 6.92 Å². The fraction of sp³-hybridized carbons (Fsp3) is 0.455. The van der Waals surface area contributed by atoms with E-state index in [9.17, 15) is 9.59 Å². The fourth-order valence-corrected chi connectivity index (χ4v) is 3.19. The summed E-state index contributed by atoms with van der Waals surface area (Å²) in [7, 11) is 3.56. The van der Waals surface area contributed by atoms with Crippen molar-refractivity contribution in [1.82, 2.24) is 14.4 Å². The average molecular weight is 399 g/mol. The van der Waals surface area contributed by atoms with Gasteiger partial charge in [0.15, 0.2) is 0 Å². The number of aryl methyl sites for hydroxylation is 2. The van der Waals surface area contributed by atoms with Gasteiger partial charge in [-0.2, -0.15) is 0 Å². The second kappa shape index (κ2) is 9.60. The summed E-state index contributed by atoms with van der Waals surface area (Å²) in [5, 5.41) is 2.88. The van der Waals surface area contributed by atoms with Gasteiger partial charge in [-0.25, -0.2) is 4.79 Å². The normalized spacial score (nSPS) is 13.2. The van der Waals surface area contributed by atoms with E-state index >= 15 is 0 Å². The van der Waals surface area contributed by atoms with Crippen LogP contribution >= 0.6 is 0 Å². The third-order valence-corrected chi connectivity index (χ3v) is 5.17. The van der Waals surface area contributed by atoms with Crippen LogP contribution < -0.4 is 5.32 Å². The molecule has 0 atom stereocenters. The van der Waals surface area contributed by atoms with Crippen molar-refractivity contribution < 1.29 is 14.3 Å². The molecule has 1 aromatic heterocycles. The number of anilines is 1. The monoisotopic (exact) mass is 398 g/mol. The van der Waals surface area contributed by atoms with Crippen LogP contribution in [-0.4, -0.2) is 59.2 Å². The van der Waals surface area contributed by atoms with Crippen LogP contribution in [-0.2, 0) is 23.1 Å². The zero-order valence-corrected chi connectivity index (χ0v) is 17.4. The van der Waals surface area contributed by atoms with E-state index in [0.717, 1.165) is 24.1 Å². The third-order valence-electron chi connectivity index (χ3n) is 5.17. The lowest BCUT2D eigenvalue weighted by Gasteiger charge is -2.28. The number of carbonyl (C=O) groups is 2. The van der Waals surface area contributed by atoms with E-state index in [-0.39, 0.29) is 24.5 Å². The van der Waals surface area contributed by atoms with Crippen LogP contribution in [0.3, 0.4) is 0 Å². The number of urea groups is 1. The number of nitrogens with zero attached hydrogens (tertiary/aromatic N) is 3. The quantitative estimate of drug-likeness (QED) is 0.706. The van der Waals surface area contributed by atoms with Gasteiger partial charge in [0.25, 0.3) is 0 Å². The molecular weight excluding hydrogens is 368 g/mol. The summed E-state index contributed by atoms with van der Waals surface area (Å²) in [5.74, 6) is -0.0381. The lowest BCUT2D eigenvalue weighted by atomic mass is 10.2. The maximum atomic E-state index is 13.1. The number of hydrogen-bond acceptors (Lipinski definition) is 3. The smallest absolute Gasteiger partial charge is 0.322 e. The largest absolute Gasteiger partial charge is 0.383 e. The highest BCUT2D eigenvalue weighted by atomic mass is 16.5. The third kappa shape index (κ3) is 5.84. The minimum atomic E-state index is -0.297. The Morgan fingerprint density at radius 3 is 2.52 bits per heavy atom. The molecule has 2 aromatic rings. The molecule has 7 nitrogen and oxygen atoms in total. The fourth-order valence-electron chi connectivity index (χ4n) is 3.19. The van der Waals surface area contributed by atoms with Gasteiger partial charge < -0.3 is 24.4 Å². The second-order valence-electron chi connectivity index (χ2n) is 7.57. The van der Waals surface area contributed by atoms with Gasteiger partial charge in [-0.3, -0.25) is 4.79 Å². The Morgan fingerprint density at radius 1 is 1.21 bits per heavy atom. The Labute approximate surface area is 172 Å². The first kappa shape index (κ1) is 20.9. The molecule has 0 spiro atoms. The molecule has 29 heavy (non-hydrogen) atoms. The summed E-state index contributed by atoms with van der Waals surface area (Å²) >= 11 is 0. The number of hydrogen-bond donors (Lipinski definition) is 1. The molecule has 0 unspecified atom stereocenters. The molecule has 3 rings (SSSR count). The predicted octanol–water partition coefficient (Wildman–Crippen LogP) is 3.01. The Morgan fingerprint density at radius 2 is 1.93 bits per heavy atom. The van der Waals surface area contributed by atoms with Crippen molar-refractivity contribution in [2.45, 2.75) is 32.4 Å². The standard InChI is InChI=1S/C22H30N4O3/c1-17-6-8-18(9-7-17)23-22(28)25(13-14-29-3)16-21(27)26(19-10-11-19)15-20-5-4-12-24(20)2/h4-9,12,19H,10-11,13-16H2,1-3H3,(H,23,28). The Kier molecular flexibility index (Phi) is 6.93. The van der Waals surface area contributed by atoms with Crippen LogP contribution in [0.5, 0.6) is 0 Å². The molecule has 1 aromatic carbocycles. The molecule has 1 heterocycles. The van der Waals surface area contributed by atoms with Gasteiger partial charge in [-0.05, 0) is 44.0 Å². The van der Waals surface area contributed by atoms with Gasteiger partial charge in [-0.1, -0.05) is 17.7 Å². The first-order valence-corrected chi connectivity index (χ1v) is 9.99. The second-order valence-corrected chi connectivity index (χ2v) is 7.57. The lowest BCUT2D eigenvalue weighted by Crippen LogP contribution is -2.46. The molecule has 1 N–H and O–H groups in total. The van der Waals surface area contributed by atoms with E-state index in [0.29, 0.717) is 25.4 Å². The molecule has 0 bridgehead atoms. The Hall–Kier alpha value is -2.80. The summed E-state index contributed by atoms with van der Waals surface area (Å²) in [6.45, 7) is 3.31. The van der Waals surface area contributed by atoms with Crippen LogP contribution in [0.15, 0.2) is 42.6 Å². The molecule has 0 aliphatic heterocycles. The minimum absolute atomic E-state index is 0.0297. The summed E-state index contributed by atoms with van der Waals surface area (Å²) in [6, 6.07) is 11.6. The van der Waals surface area contributed by atoms with E-state index in [1.165, 1.54) is 4.90 Å². The van der Waals surface area contributed by atoms with Crippen LogP contribution in [0.4, 0.5) is 10.5 Å². The van der Waals surface area contributed by atoms with Crippen molar-refractivity contribution in [2.24, 2.45) is 7.05 Å². The topological polar surface area (TPSA) is 66.8 Å². The van der Waals surface area contributed by atoms with E-state index in [1.807, 2.05) is 66.0 Å². The van der Waals surface area contributed by atoms with Gasteiger partial charge in [0.1, 0.15) is 6.54 Å². The summed E-state index contributed by atoms with van der Waals surface area (Å²) in [6.07, 6.45) is 4.01. The van der Waals surface area contributed by atoms with E-state index < -0.39 is 0 Å². The minimum Gasteiger partial charge on any atom is -0.383 e. The van der Waals surface area contributed by atoms with E-state index in [4.69, 9.17) is 4.74 Å². The number of nitrogens with one attached hydrogen (secondary N) is 1. The highest BCUT2D eigenvalue weighted by Gasteiger charge is 2.34. The van der Waals surface area contributed by atoms with Crippen molar-refractivity contribution >= 4 is 17.6 Å². The van der Waals surface area contributed by atoms with Crippen molar-refractivity contribution in [2.75, 3.05) is 32.1 Å². The first-order valence-electron chi connectivity index (χ1n) is 9.99.